The molecule has 0 atom stereocenters. The van der Waals surface area contributed by atoms with Crippen molar-refractivity contribution < 1.29 is 22.7 Å². The zero-order chi connectivity index (χ0) is 16.0. The van der Waals surface area contributed by atoms with Crippen molar-refractivity contribution in [1.82, 2.24) is 4.90 Å². The second-order valence-corrected chi connectivity index (χ2v) is 6.77. The summed E-state index contributed by atoms with van der Waals surface area (Å²) in [5.41, 5.74) is 0.192. The zero-order valence-corrected chi connectivity index (χ0v) is 12.6. The number of benzene rings is 1. The van der Waals surface area contributed by atoms with Crippen LogP contribution < -0.4 is 0 Å². The van der Waals surface area contributed by atoms with Gasteiger partial charge in [-0.15, -0.1) is 0 Å². The quantitative estimate of drug-likeness (QED) is 0.811. The second-order valence-electron chi connectivity index (χ2n) is 4.51. The van der Waals surface area contributed by atoms with Crippen molar-refractivity contribution in [2.75, 3.05) is 32.2 Å². The molecule has 0 radical (unpaired) electrons. The lowest BCUT2D eigenvalue weighted by Gasteiger charge is -2.16. The molecular formula is C14H16FNO4S. The van der Waals surface area contributed by atoms with Crippen LogP contribution in [-0.2, 0) is 9.84 Å². The van der Waals surface area contributed by atoms with Crippen LogP contribution >= 0.6 is 0 Å². The summed E-state index contributed by atoms with van der Waals surface area (Å²) in [6.07, 6.45) is 1.08. The lowest BCUT2D eigenvalue weighted by Crippen LogP contribution is -2.31. The van der Waals surface area contributed by atoms with E-state index < -0.39 is 21.6 Å². The summed E-state index contributed by atoms with van der Waals surface area (Å²) in [7, 11) is -1.72. The Morgan fingerprint density at radius 1 is 1.43 bits per heavy atom. The van der Waals surface area contributed by atoms with Crippen molar-refractivity contribution in [1.29, 1.82) is 0 Å². The summed E-state index contributed by atoms with van der Waals surface area (Å²) in [5.74, 6) is 3.44. The predicted octanol–water partition coefficient (Wildman–Crippen LogP) is 0.286. The maximum absolute atomic E-state index is 13.7. The number of sulfone groups is 1. The molecule has 0 saturated carbocycles. The molecule has 0 unspecified atom stereocenters. The largest absolute Gasteiger partial charge is 0.384 e. The Balaban J connectivity index is 2.86. The minimum absolute atomic E-state index is 0.0331. The molecule has 1 amide bonds. The molecule has 1 N–H and O–H groups in total. The fourth-order valence-electron chi connectivity index (χ4n) is 1.51. The number of hydrogen-bond donors (Lipinski definition) is 1. The molecule has 0 bridgehead atoms. The third-order valence-corrected chi connectivity index (χ3v) is 3.59. The number of carbonyl (C=O) groups is 1. The van der Waals surface area contributed by atoms with Crippen molar-refractivity contribution >= 4 is 15.7 Å². The lowest BCUT2D eigenvalue weighted by molar-refractivity contribution is 0.0803. The highest BCUT2D eigenvalue weighted by Gasteiger charge is 2.15. The molecule has 0 fully saturated rings. The van der Waals surface area contributed by atoms with Crippen LogP contribution in [0.15, 0.2) is 18.2 Å². The summed E-state index contributed by atoms with van der Waals surface area (Å²) in [5, 5.41) is 8.55. The van der Waals surface area contributed by atoms with Crippen LogP contribution in [0.4, 0.5) is 4.39 Å². The molecule has 0 saturated heterocycles. The van der Waals surface area contributed by atoms with Crippen molar-refractivity contribution in [2.24, 2.45) is 0 Å². The van der Waals surface area contributed by atoms with E-state index in [2.05, 4.69) is 11.8 Å². The Morgan fingerprint density at radius 2 is 2.10 bits per heavy atom. The highest BCUT2D eigenvalue weighted by molar-refractivity contribution is 7.90. The number of halogens is 1. The van der Waals surface area contributed by atoms with Gasteiger partial charge in [-0.3, -0.25) is 4.79 Å². The number of aliphatic hydroxyl groups excluding tert-OH is 1. The molecule has 1 aromatic rings. The maximum atomic E-state index is 13.7. The summed E-state index contributed by atoms with van der Waals surface area (Å²) in [4.78, 5) is 13.2. The van der Waals surface area contributed by atoms with Crippen molar-refractivity contribution in [3.8, 4) is 11.8 Å². The Bertz CT molecular complexity index is 689. The van der Waals surface area contributed by atoms with E-state index in [1.807, 2.05) is 0 Å². The van der Waals surface area contributed by atoms with Gasteiger partial charge in [0, 0.05) is 25.4 Å². The van der Waals surface area contributed by atoms with Crippen LogP contribution in [0.2, 0.25) is 0 Å². The third-order valence-electron chi connectivity index (χ3n) is 2.66. The second kappa shape index (κ2) is 7.20. The van der Waals surface area contributed by atoms with E-state index in [0.29, 0.717) is 0 Å². The van der Waals surface area contributed by atoms with E-state index in [4.69, 9.17) is 5.11 Å². The first-order chi connectivity index (χ1) is 9.74. The average Bonchev–Trinajstić information content (AvgIpc) is 2.41. The van der Waals surface area contributed by atoms with Gasteiger partial charge in [-0.25, -0.2) is 12.8 Å². The molecule has 114 valence electrons. The number of hydrogen-bond acceptors (Lipinski definition) is 4. The van der Waals surface area contributed by atoms with Crippen LogP contribution in [0.3, 0.4) is 0 Å². The highest BCUT2D eigenvalue weighted by Crippen LogP contribution is 2.11. The molecule has 0 aliphatic heterocycles. The molecule has 1 rings (SSSR count). The fourth-order valence-corrected chi connectivity index (χ4v) is 2.11. The highest BCUT2D eigenvalue weighted by atomic mass is 32.2. The number of carbonyl (C=O) groups excluding carboxylic acids is 1. The van der Waals surface area contributed by atoms with Crippen molar-refractivity contribution in [2.45, 2.75) is 0 Å². The molecule has 0 aliphatic carbocycles. The Hall–Kier alpha value is -1.91. The molecule has 1 aromatic carbocycles. The summed E-state index contributed by atoms with van der Waals surface area (Å²) < 4.78 is 35.8. The lowest BCUT2D eigenvalue weighted by atomic mass is 10.1. The van der Waals surface area contributed by atoms with Gasteiger partial charge in [0.25, 0.3) is 5.91 Å². The van der Waals surface area contributed by atoms with Gasteiger partial charge in [0.05, 0.1) is 11.3 Å². The number of rotatable bonds is 4. The first-order valence-corrected chi connectivity index (χ1v) is 8.13. The molecule has 21 heavy (non-hydrogen) atoms. The van der Waals surface area contributed by atoms with Crippen molar-refractivity contribution in [3.05, 3.63) is 35.1 Å². The average molecular weight is 313 g/mol. The molecule has 0 spiro atoms. The zero-order valence-electron chi connectivity index (χ0n) is 11.8. The molecular weight excluding hydrogens is 297 g/mol. The SMILES string of the molecule is CN(CCS(C)(=O)=O)C(=O)c1ccc(C#CCO)c(F)c1. The standard InChI is InChI=1S/C14H16FNO4S/c1-16(7-9-21(2,19)20)14(18)12-6-5-11(4-3-8-17)13(15)10-12/h5-6,10,17H,7-9H2,1-2H3. The normalized spacial score (nSPS) is 10.7. The smallest absolute Gasteiger partial charge is 0.253 e. The van der Waals surface area contributed by atoms with E-state index in [-0.39, 0.29) is 30.0 Å². The molecule has 0 aromatic heterocycles. The summed E-state index contributed by atoms with van der Waals surface area (Å²) in [6, 6.07) is 3.79. The van der Waals surface area contributed by atoms with Gasteiger partial charge in [-0.2, -0.15) is 0 Å². The summed E-state index contributed by atoms with van der Waals surface area (Å²) >= 11 is 0. The van der Waals surface area contributed by atoms with Gasteiger partial charge in [-0.05, 0) is 18.2 Å². The number of aliphatic hydroxyl groups is 1. The summed E-state index contributed by atoms with van der Waals surface area (Å²) in [6.45, 7) is -0.348. The first kappa shape index (κ1) is 17.1. The van der Waals surface area contributed by atoms with Gasteiger partial charge >= 0.3 is 0 Å². The Kier molecular flexibility index (Phi) is 5.88. The van der Waals surface area contributed by atoms with E-state index >= 15 is 0 Å². The predicted molar refractivity (Wildman–Crippen MR) is 77.0 cm³/mol. The van der Waals surface area contributed by atoms with Gasteiger partial charge in [0.15, 0.2) is 0 Å². The van der Waals surface area contributed by atoms with E-state index in [0.717, 1.165) is 12.3 Å². The molecule has 0 aliphatic rings. The molecule has 7 heteroatoms. The van der Waals surface area contributed by atoms with E-state index in [1.165, 1.54) is 24.1 Å². The first-order valence-electron chi connectivity index (χ1n) is 6.07. The van der Waals surface area contributed by atoms with Crippen LogP contribution in [-0.4, -0.2) is 56.5 Å². The van der Waals surface area contributed by atoms with Gasteiger partial charge in [-0.1, -0.05) is 11.8 Å². The maximum Gasteiger partial charge on any atom is 0.253 e. The van der Waals surface area contributed by atoms with Gasteiger partial charge < -0.3 is 10.0 Å². The van der Waals surface area contributed by atoms with Crippen molar-refractivity contribution in [3.63, 3.8) is 0 Å². The minimum atomic E-state index is -3.17. The van der Waals surface area contributed by atoms with Crippen LogP contribution in [0.25, 0.3) is 0 Å². The molecule has 0 heterocycles. The van der Waals surface area contributed by atoms with Crippen LogP contribution in [0, 0.1) is 17.7 Å². The van der Waals surface area contributed by atoms with Gasteiger partial charge in [0.2, 0.25) is 0 Å². The third kappa shape index (κ3) is 5.53. The Morgan fingerprint density at radius 3 is 2.62 bits per heavy atom. The van der Waals surface area contributed by atoms with Gasteiger partial charge in [0.1, 0.15) is 22.3 Å². The van der Waals surface area contributed by atoms with E-state index in [1.54, 1.807) is 0 Å². The fraction of sp³-hybridized carbons (Fsp3) is 0.357. The molecule has 5 nitrogen and oxygen atoms in total. The van der Waals surface area contributed by atoms with Crippen LogP contribution in [0.1, 0.15) is 15.9 Å². The van der Waals surface area contributed by atoms with E-state index in [9.17, 15) is 17.6 Å². The minimum Gasteiger partial charge on any atom is -0.384 e. The van der Waals surface area contributed by atoms with Crippen LogP contribution in [0.5, 0.6) is 0 Å². The topological polar surface area (TPSA) is 74.7 Å². The Labute approximate surface area is 123 Å². The number of nitrogens with zero attached hydrogens (tertiary/aromatic N) is 1. The monoisotopic (exact) mass is 313 g/mol. The number of amides is 1.